The predicted molar refractivity (Wildman–Crippen MR) is 48.0 cm³/mol. The van der Waals surface area contributed by atoms with Crippen molar-refractivity contribution in [2.24, 2.45) is 0 Å². The van der Waals surface area contributed by atoms with Crippen LogP contribution < -0.4 is 0 Å². The van der Waals surface area contributed by atoms with Crippen LogP contribution in [-0.2, 0) is 19.1 Å². The zero-order valence-electron chi connectivity index (χ0n) is 8.38. The molecule has 1 heterocycles. The van der Waals surface area contributed by atoms with E-state index in [0.29, 0.717) is 0 Å². The Balaban J connectivity index is 2.42. The van der Waals surface area contributed by atoms with Gasteiger partial charge in [-0.05, 0) is 0 Å². The van der Waals surface area contributed by atoms with Crippen LogP contribution in [0.25, 0.3) is 0 Å². The molecular formula is C9H14O6. The molecule has 15 heavy (non-hydrogen) atoms. The lowest BCUT2D eigenvalue weighted by Gasteiger charge is -2.30. The normalized spacial score (nSPS) is 31.4. The zero-order valence-corrected chi connectivity index (χ0v) is 8.38. The fourth-order valence-electron chi connectivity index (χ4n) is 1.19. The number of ether oxygens (including phenoxy) is 2. The third-order valence-electron chi connectivity index (χ3n) is 2.17. The smallest absolute Gasteiger partial charge is 0.305 e. The minimum Gasteiger partial charge on any atom is -0.463 e. The van der Waals surface area contributed by atoms with E-state index >= 15 is 0 Å². The van der Waals surface area contributed by atoms with Gasteiger partial charge in [-0.15, -0.1) is 0 Å². The first-order valence-electron chi connectivity index (χ1n) is 4.72. The Labute approximate surface area is 86.8 Å². The molecule has 0 aromatic carbocycles. The minimum atomic E-state index is -1.45. The predicted octanol–water partition coefficient (Wildman–Crippen LogP) is -1.37. The van der Waals surface area contributed by atoms with Crippen molar-refractivity contribution in [2.75, 3.05) is 13.2 Å². The second-order valence-corrected chi connectivity index (χ2v) is 3.29. The molecule has 0 bridgehead atoms. The first-order chi connectivity index (χ1) is 7.06. The number of esters is 1. The number of ketones is 1. The molecule has 1 rings (SSSR count). The van der Waals surface area contributed by atoms with Gasteiger partial charge in [-0.25, -0.2) is 0 Å². The van der Waals surface area contributed by atoms with Crippen LogP contribution >= 0.6 is 0 Å². The van der Waals surface area contributed by atoms with Gasteiger partial charge in [0.1, 0.15) is 31.5 Å². The van der Waals surface area contributed by atoms with Gasteiger partial charge in [0.25, 0.3) is 0 Å². The number of rotatable bonds is 3. The van der Waals surface area contributed by atoms with Gasteiger partial charge < -0.3 is 19.7 Å². The number of aliphatic hydroxyl groups excluding tert-OH is 2. The van der Waals surface area contributed by atoms with Crippen molar-refractivity contribution in [2.45, 2.75) is 31.7 Å². The number of hydrogen-bond acceptors (Lipinski definition) is 6. The van der Waals surface area contributed by atoms with Crippen LogP contribution in [-0.4, -0.2) is 53.5 Å². The Morgan fingerprint density at radius 1 is 1.60 bits per heavy atom. The van der Waals surface area contributed by atoms with Gasteiger partial charge in [0, 0.05) is 6.42 Å². The average molecular weight is 218 g/mol. The highest BCUT2D eigenvalue weighted by Crippen LogP contribution is 2.12. The molecule has 1 aliphatic rings. The molecular weight excluding hydrogens is 204 g/mol. The summed E-state index contributed by atoms with van der Waals surface area (Å²) in [7, 11) is 0. The molecule has 0 aliphatic carbocycles. The van der Waals surface area contributed by atoms with Crippen molar-refractivity contribution in [3.05, 3.63) is 0 Å². The van der Waals surface area contributed by atoms with Crippen LogP contribution in [0.2, 0.25) is 0 Å². The molecule has 0 saturated carbocycles. The number of hydrogen-bond donors (Lipinski definition) is 2. The number of carbonyl (C=O) groups excluding carboxylic acids is 2. The second kappa shape index (κ2) is 5.20. The van der Waals surface area contributed by atoms with E-state index in [9.17, 15) is 19.8 Å². The molecule has 0 amide bonds. The van der Waals surface area contributed by atoms with E-state index in [1.807, 2.05) is 0 Å². The first kappa shape index (κ1) is 12.1. The quantitative estimate of drug-likeness (QED) is 0.568. The van der Waals surface area contributed by atoms with Gasteiger partial charge in [0.05, 0.1) is 0 Å². The number of carbonyl (C=O) groups is 2. The molecule has 86 valence electrons. The van der Waals surface area contributed by atoms with E-state index < -0.39 is 30.1 Å². The summed E-state index contributed by atoms with van der Waals surface area (Å²) >= 11 is 0. The lowest BCUT2D eigenvalue weighted by Crippen LogP contribution is -2.52. The molecule has 3 atom stereocenters. The van der Waals surface area contributed by atoms with Gasteiger partial charge in [-0.2, -0.15) is 0 Å². The van der Waals surface area contributed by atoms with Crippen LogP contribution in [0.4, 0.5) is 0 Å². The third-order valence-corrected chi connectivity index (χ3v) is 2.17. The van der Waals surface area contributed by atoms with E-state index in [1.54, 1.807) is 6.92 Å². The van der Waals surface area contributed by atoms with Crippen molar-refractivity contribution in [1.29, 1.82) is 0 Å². The Bertz CT molecular complexity index is 251. The summed E-state index contributed by atoms with van der Waals surface area (Å²) < 4.78 is 9.67. The largest absolute Gasteiger partial charge is 0.463 e. The van der Waals surface area contributed by atoms with Crippen LogP contribution in [0.3, 0.4) is 0 Å². The molecule has 0 aromatic rings. The molecule has 2 N–H and O–H groups in total. The maximum absolute atomic E-state index is 10.9. The molecule has 0 radical (unpaired) electrons. The average Bonchev–Trinajstić information content (AvgIpc) is 2.24. The zero-order chi connectivity index (χ0) is 11.4. The third kappa shape index (κ3) is 2.98. The fraction of sp³-hybridized carbons (Fsp3) is 0.778. The Morgan fingerprint density at radius 2 is 2.27 bits per heavy atom. The Hall–Kier alpha value is -0.980. The molecule has 0 unspecified atom stereocenters. The van der Waals surface area contributed by atoms with Crippen LogP contribution in [0.5, 0.6) is 0 Å². The summed E-state index contributed by atoms with van der Waals surface area (Å²) in [5.41, 5.74) is 0. The van der Waals surface area contributed by atoms with E-state index in [0.717, 1.165) is 0 Å². The molecule has 1 saturated heterocycles. The monoisotopic (exact) mass is 218 g/mol. The summed E-state index contributed by atoms with van der Waals surface area (Å²) in [6.45, 7) is 1.21. The maximum Gasteiger partial charge on any atom is 0.305 e. The van der Waals surface area contributed by atoms with Crippen molar-refractivity contribution < 1.29 is 29.3 Å². The van der Waals surface area contributed by atoms with Gasteiger partial charge >= 0.3 is 5.97 Å². The highest BCUT2D eigenvalue weighted by molar-refractivity contribution is 5.85. The summed E-state index contributed by atoms with van der Waals surface area (Å²) in [6, 6.07) is 0. The van der Waals surface area contributed by atoms with Crippen molar-refractivity contribution >= 4 is 11.8 Å². The standard InChI is InChI=1S/C9H14O6/c1-2-7(11)15-4-6-9(13)8(12)5(10)3-14-6/h6,8-9,12-13H,2-4H2,1H3/t6-,8-,9-/m1/s1. The topological polar surface area (TPSA) is 93.1 Å². The summed E-state index contributed by atoms with van der Waals surface area (Å²) in [5.74, 6) is -0.988. The molecule has 6 heteroatoms. The summed E-state index contributed by atoms with van der Waals surface area (Å²) in [4.78, 5) is 21.7. The molecule has 0 spiro atoms. The SMILES string of the molecule is CCC(=O)OC[C@H]1OCC(=O)[C@@H](O)[C@@H]1O. The van der Waals surface area contributed by atoms with Crippen LogP contribution in [0, 0.1) is 0 Å². The molecule has 0 aromatic heterocycles. The minimum absolute atomic E-state index is 0.155. The van der Waals surface area contributed by atoms with Crippen molar-refractivity contribution in [1.82, 2.24) is 0 Å². The second-order valence-electron chi connectivity index (χ2n) is 3.29. The summed E-state index contributed by atoms with van der Waals surface area (Å²) in [5, 5.41) is 18.6. The van der Waals surface area contributed by atoms with Crippen LogP contribution in [0.1, 0.15) is 13.3 Å². The number of Topliss-reactive ketones (excluding diaryl/α,β-unsaturated/α-hetero) is 1. The number of aliphatic hydroxyl groups is 2. The lowest BCUT2D eigenvalue weighted by atomic mass is 10.0. The van der Waals surface area contributed by atoms with E-state index in [-0.39, 0.29) is 19.6 Å². The summed E-state index contributed by atoms with van der Waals surface area (Å²) in [6.07, 6.45) is -3.40. The van der Waals surface area contributed by atoms with Gasteiger partial charge in [-0.1, -0.05) is 6.92 Å². The maximum atomic E-state index is 10.9. The lowest BCUT2D eigenvalue weighted by molar-refractivity contribution is -0.177. The van der Waals surface area contributed by atoms with Crippen molar-refractivity contribution in [3.8, 4) is 0 Å². The Morgan fingerprint density at radius 3 is 2.87 bits per heavy atom. The van der Waals surface area contributed by atoms with Gasteiger partial charge in [-0.3, -0.25) is 9.59 Å². The van der Waals surface area contributed by atoms with E-state index in [1.165, 1.54) is 0 Å². The van der Waals surface area contributed by atoms with Crippen LogP contribution in [0.15, 0.2) is 0 Å². The highest BCUT2D eigenvalue weighted by atomic mass is 16.6. The molecule has 1 fully saturated rings. The highest BCUT2D eigenvalue weighted by Gasteiger charge is 2.37. The first-order valence-corrected chi connectivity index (χ1v) is 4.72. The van der Waals surface area contributed by atoms with Gasteiger partial charge in [0.15, 0.2) is 5.78 Å². The van der Waals surface area contributed by atoms with Crippen molar-refractivity contribution in [3.63, 3.8) is 0 Å². The fourth-order valence-corrected chi connectivity index (χ4v) is 1.19. The van der Waals surface area contributed by atoms with E-state index in [2.05, 4.69) is 0 Å². The molecule has 6 nitrogen and oxygen atoms in total. The molecule has 1 aliphatic heterocycles. The van der Waals surface area contributed by atoms with Gasteiger partial charge in [0.2, 0.25) is 0 Å². The Kier molecular flexibility index (Phi) is 4.19. The van der Waals surface area contributed by atoms with E-state index in [4.69, 9.17) is 9.47 Å².